The minimum atomic E-state index is 0.0794. The predicted molar refractivity (Wildman–Crippen MR) is 82.5 cm³/mol. The Hall–Kier alpha value is -1.51. The van der Waals surface area contributed by atoms with Gasteiger partial charge in [0.2, 0.25) is 0 Å². The highest BCUT2D eigenvalue weighted by molar-refractivity contribution is 5.74. The van der Waals surface area contributed by atoms with E-state index in [0.29, 0.717) is 12.6 Å². The average molecular weight is 274 g/mol. The minimum Gasteiger partial charge on any atom is -0.335 e. The molecule has 1 aliphatic carbocycles. The van der Waals surface area contributed by atoms with Gasteiger partial charge in [-0.25, -0.2) is 4.79 Å². The Morgan fingerprint density at radius 1 is 1.20 bits per heavy atom. The highest BCUT2D eigenvalue weighted by Gasteiger charge is 2.21. The van der Waals surface area contributed by atoms with Gasteiger partial charge < -0.3 is 10.2 Å². The molecule has 1 fully saturated rings. The number of benzene rings is 1. The van der Waals surface area contributed by atoms with E-state index in [0.717, 1.165) is 12.8 Å². The second kappa shape index (κ2) is 7.32. The first kappa shape index (κ1) is 14.9. The summed E-state index contributed by atoms with van der Waals surface area (Å²) in [6, 6.07) is 10.8. The van der Waals surface area contributed by atoms with E-state index >= 15 is 0 Å². The molecule has 20 heavy (non-hydrogen) atoms. The highest BCUT2D eigenvalue weighted by atomic mass is 16.2. The van der Waals surface area contributed by atoms with Crippen LogP contribution >= 0.6 is 0 Å². The maximum atomic E-state index is 12.5. The first-order chi connectivity index (χ1) is 9.66. The average Bonchev–Trinajstić information content (AvgIpc) is 2.46. The summed E-state index contributed by atoms with van der Waals surface area (Å²) in [6.45, 7) is 4.82. The molecular formula is C17H26N2O. The van der Waals surface area contributed by atoms with Crippen molar-refractivity contribution in [2.24, 2.45) is 0 Å². The van der Waals surface area contributed by atoms with Crippen molar-refractivity contribution < 1.29 is 4.79 Å². The van der Waals surface area contributed by atoms with E-state index in [4.69, 9.17) is 0 Å². The topological polar surface area (TPSA) is 32.3 Å². The molecule has 1 saturated carbocycles. The molecule has 1 aliphatic rings. The van der Waals surface area contributed by atoms with Crippen molar-refractivity contribution in [2.75, 3.05) is 0 Å². The Balaban J connectivity index is 1.95. The maximum absolute atomic E-state index is 12.5. The zero-order valence-electron chi connectivity index (χ0n) is 12.6. The second-order valence-corrected chi connectivity index (χ2v) is 5.99. The van der Waals surface area contributed by atoms with Crippen LogP contribution in [0, 0.1) is 0 Å². The van der Waals surface area contributed by atoms with Gasteiger partial charge in [0.15, 0.2) is 0 Å². The summed E-state index contributed by atoms with van der Waals surface area (Å²) in [7, 11) is 0. The van der Waals surface area contributed by atoms with Crippen molar-refractivity contribution in [3.05, 3.63) is 35.9 Å². The minimum absolute atomic E-state index is 0.0794. The third kappa shape index (κ3) is 4.26. The Bertz CT molecular complexity index is 410. The van der Waals surface area contributed by atoms with Crippen LogP contribution in [0.4, 0.5) is 4.79 Å². The van der Waals surface area contributed by atoms with Gasteiger partial charge in [-0.2, -0.15) is 0 Å². The van der Waals surface area contributed by atoms with E-state index in [1.165, 1.54) is 24.8 Å². The van der Waals surface area contributed by atoms with Crippen LogP contribution in [0.2, 0.25) is 0 Å². The van der Waals surface area contributed by atoms with E-state index < -0.39 is 0 Å². The van der Waals surface area contributed by atoms with Crippen LogP contribution in [0.15, 0.2) is 30.3 Å². The summed E-state index contributed by atoms with van der Waals surface area (Å²) in [4.78, 5) is 14.4. The van der Waals surface area contributed by atoms with Gasteiger partial charge in [-0.15, -0.1) is 0 Å². The van der Waals surface area contributed by atoms with Crippen molar-refractivity contribution in [3.63, 3.8) is 0 Å². The molecule has 0 atom stereocenters. The molecule has 1 N–H and O–H groups in total. The second-order valence-electron chi connectivity index (χ2n) is 5.99. The van der Waals surface area contributed by atoms with Gasteiger partial charge in [0, 0.05) is 18.6 Å². The molecule has 110 valence electrons. The molecule has 0 unspecified atom stereocenters. The lowest BCUT2D eigenvalue weighted by molar-refractivity contribution is 0.172. The van der Waals surface area contributed by atoms with Gasteiger partial charge in [-0.3, -0.25) is 0 Å². The van der Waals surface area contributed by atoms with E-state index in [9.17, 15) is 4.79 Å². The molecule has 2 amide bonds. The lowest BCUT2D eigenvalue weighted by Gasteiger charge is -2.31. The van der Waals surface area contributed by atoms with Gasteiger partial charge in [0.25, 0.3) is 0 Å². The lowest BCUT2D eigenvalue weighted by Crippen LogP contribution is -2.47. The van der Waals surface area contributed by atoms with Crippen LogP contribution in [0.3, 0.4) is 0 Å². The quantitative estimate of drug-likeness (QED) is 0.886. The highest BCUT2D eigenvalue weighted by Crippen LogP contribution is 2.18. The van der Waals surface area contributed by atoms with Crippen LogP contribution in [0.25, 0.3) is 0 Å². The molecular weight excluding hydrogens is 248 g/mol. The summed E-state index contributed by atoms with van der Waals surface area (Å²) in [5.74, 6) is 0. The summed E-state index contributed by atoms with van der Waals surface area (Å²) < 4.78 is 0. The zero-order valence-corrected chi connectivity index (χ0v) is 12.6. The molecule has 0 heterocycles. The Morgan fingerprint density at radius 3 is 2.45 bits per heavy atom. The van der Waals surface area contributed by atoms with Crippen LogP contribution in [-0.4, -0.2) is 23.0 Å². The van der Waals surface area contributed by atoms with Gasteiger partial charge in [-0.05, 0) is 32.3 Å². The van der Waals surface area contributed by atoms with Crippen molar-refractivity contribution in [3.8, 4) is 0 Å². The lowest BCUT2D eigenvalue weighted by atomic mass is 9.96. The van der Waals surface area contributed by atoms with Crippen molar-refractivity contribution in [1.82, 2.24) is 10.2 Å². The van der Waals surface area contributed by atoms with Gasteiger partial charge in [-0.1, -0.05) is 49.6 Å². The number of carbonyl (C=O) groups is 1. The van der Waals surface area contributed by atoms with Crippen molar-refractivity contribution in [1.29, 1.82) is 0 Å². The van der Waals surface area contributed by atoms with E-state index in [1.54, 1.807) is 0 Å². The summed E-state index contributed by atoms with van der Waals surface area (Å²) in [5.41, 5.74) is 1.18. The SMILES string of the molecule is CC(C)N(Cc1ccccc1)C(=O)NC1CCCCC1. The monoisotopic (exact) mass is 274 g/mol. The third-order valence-corrected chi connectivity index (χ3v) is 4.01. The molecule has 0 aromatic heterocycles. The van der Waals surface area contributed by atoms with Crippen molar-refractivity contribution >= 4 is 6.03 Å². The standard InChI is InChI=1S/C17H26N2O/c1-14(2)19(13-15-9-5-3-6-10-15)17(20)18-16-11-7-4-8-12-16/h3,5-6,9-10,14,16H,4,7-8,11-13H2,1-2H3,(H,18,20). The maximum Gasteiger partial charge on any atom is 0.318 e. The van der Waals surface area contributed by atoms with Crippen molar-refractivity contribution in [2.45, 2.75) is 64.6 Å². The first-order valence-electron chi connectivity index (χ1n) is 7.78. The summed E-state index contributed by atoms with van der Waals surface area (Å²) >= 11 is 0. The number of nitrogens with one attached hydrogen (secondary N) is 1. The smallest absolute Gasteiger partial charge is 0.318 e. The fourth-order valence-corrected chi connectivity index (χ4v) is 2.77. The predicted octanol–water partition coefficient (Wildman–Crippen LogP) is 3.94. The van der Waals surface area contributed by atoms with Gasteiger partial charge in [0.05, 0.1) is 0 Å². The number of nitrogens with zero attached hydrogens (tertiary/aromatic N) is 1. The van der Waals surface area contributed by atoms with Gasteiger partial charge >= 0.3 is 6.03 Å². The molecule has 1 aromatic rings. The molecule has 0 aliphatic heterocycles. The number of hydrogen-bond donors (Lipinski definition) is 1. The van der Waals surface area contributed by atoms with E-state index in [-0.39, 0.29) is 12.1 Å². The van der Waals surface area contributed by atoms with Crippen LogP contribution < -0.4 is 5.32 Å². The Morgan fingerprint density at radius 2 is 1.85 bits per heavy atom. The molecule has 2 rings (SSSR count). The van der Waals surface area contributed by atoms with Crippen LogP contribution in [0.1, 0.15) is 51.5 Å². The van der Waals surface area contributed by atoms with Crippen LogP contribution in [0.5, 0.6) is 0 Å². The number of urea groups is 1. The van der Waals surface area contributed by atoms with Crippen LogP contribution in [-0.2, 0) is 6.54 Å². The number of amides is 2. The third-order valence-electron chi connectivity index (χ3n) is 4.01. The largest absolute Gasteiger partial charge is 0.335 e. The molecule has 0 bridgehead atoms. The molecule has 0 spiro atoms. The fourth-order valence-electron chi connectivity index (χ4n) is 2.77. The first-order valence-corrected chi connectivity index (χ1v) is 7.78. The molecule has 3 nitrogen and oxygen atoms in total. The number of carbonyl (C=O) groups excluding carboxylic acids is 1. The summed E-state index contributed by atoms with van der Waals surface area (Å²) in [6.07, 6.45) is 6.05. The normalized spacial score (nSPS) is 16.1. The summed E-state index contributed by atoms with van der Waals surface area (Å²) in [5, 5.41) is 3.21. The molecule has 1 aromatic carbocycles. The molecule has 3 heteroatoms. The Kier molecular flexibility index (Phi) is 5.45. The Labute approximate surface area is 122 Å². The zero-order chi connectivity index (χ0) is 14.4. The number of rotatable bonds is 4. The van der Waals surface area contributed by atoms with E-state index in [2.05, 4.69) is 31.3 Å². The number of hydrogen-bond acceptors (Lipinski definition) is 1. The molecule has 0 radical (unpaired) electrons. The molecule has 0 saturated heterocycles. The fraction of sp³-hybridized carbons (Fsp3) is 0.588. The van der Waals surface area contributed by atoms with E-state index in [1.807, 2.05) is 23.1 Å². The van der Waals surface area contributed by atoms with Gasteiger partial charge in [0.1, 0.15) is 0 Å².